The van der Waals surface area contributed by atoms with Gasteiger partial charge in [-0.1, -0.05) is 19.9 Å². The Balaban J connectivity index is 2.64. The molecule has 1 aliphatic rings. The van der Waals surface area contributed by atoms with Crippen molar-refractivity contribution in [3.05, 3.63) is 29.3 Å². The zero-order chi connectivity index (χ0) is 11.3. The number of phenolic OH excluding ortho intramolecular Hbond substituents is 1. The van der Waals surface area contributed by atoms with Gasteiger partial charge in [0.1, 0.15) is 5.75 Å². The third-order valence-corrected chi connectivity index (χ3v) is 3.17. The Morgan fingerprint density at radius 1 is 1.13 bits per heavy atom. The average Bonchev–Trinajstić information content (AvgIpc) is 2.13. The standard InChI is InChI=1S/C13H18O2/c1-12(2)8-15-13(3,4)10-6-5-9(14)7-11(10)12/h5-7,14H,8H2,1-4H3. The molecule has 2 heteroatoms. The van der Waals surface area contributed by atoms with E-state index in [2.05, 4.69) is 27.7 Å². The van der Waals surface area contributed by atoms with Gasteiger partial charge in [-0.05, 0) is 37.1 Å². The number of aromatic hydroxyl groups is 1. The van der Waals surface area contributed by atoms with Gasteiger partial charge in [-0.15, -0.1) is 0 Å². The molecule has 0 atom stereocenters. The highest BCUT2D eigenvalue weighted by atomic mass is 16.5. The van der Waals surface area contributed by atoms with E-state index in [0.29, 0.717) is 12.4 Å². The molecule has 0 radical (unpaired) electrons. The van der Waals surface area contributed by atoms with E-state index in [1.807, 2.05) is 12.1 Å². The quantitative estimate of drug-likeness (QED) is 0.707. The molecule has 0 aliphatic carbocycles. The van der Waals surface area contributed by atoms with Gasteiger partial charge < -0.3 is 9.84 Å². The number of ether oxygens (including phenoxy) is 1. The first-order valence-corrected chi connectivity index (χ1v) is 5.31. The highest BCUT2D eigenvalue weighted by Gasteiger charge is 2.37. The van der Waals surface area contributed by atoms with Gasteiger partial charge >= 0.3 is 0 Å². The van der Waals surface area contributed by atoms with Crippen LogP contribution in [0.1, 0.15) is 38.8 Å². The number of hydrogen-bond acceptors (Lipinski definition) is 2. The molecule has 1 aromatic rings. The molecular formula is C13H18O2. The van der Waals surface area contributed by atoms with Crippen molar-refractivity contribution in [2.45, 2.75) is 38.7 Å². The normalized spacial score (nSPS) is 22.1. The SMILES string of the molecule is CC1(C)COC(C)(C)c2ccc(O)cc21. The van der Waals surface area contributed by atoms with Crippen LogP contribution in [0.25, 0.3) is 0 Å². The van der Waals surface area contributed by atoms with Crippen molar-refractivity contribution in [3.8, 4) is 5.75 Å². The third kappa shape index (κ3) is 1.63. The van der Waals surface area contributed by atoms with E-state index in [0.717, 1.165) is 0 Å². The molecule has 2 rings (SSSR count). The van der Waals surface area contributed by atoms with Gasteiger partial charge in [0.25, 0.3) is 0 Å². The van der Waals surface area contributed by atoms with E-state index >= 15 is 0 Å². The van der Waals surface area contributed by atoms with Crippen LogP contribution >= 0.6 is 0 Å². The fourth-order valence-electron chi connectivity index (χ4n) is 2.13. The van der Waals surface area contributed by atoms with Crippen LogP contribution in [0.4, 0.5) is 0 Å². The number of hydrogen-bond donors (Lipinski definition) is 1. The molecule has 15 heavy (non-hydrogen) atoms. The number of rotatable bonds is 0. The Labute approximate surface area is 90.9 Å². The molecule has 1 aromatic carbocycles. The maximum absolute atomic E-state index is 9.55. The van der Waals surface area contributed by atoms with Gasteiger partial charge in [0.05, 0.1) is 12.2 Å². The Morgan fingerprint density at radius 2 is 1.80 bits per heavy atom. The maximum atomic E-state index is 9.55. The van der Waals surface area contributed by atoms with Crippen LogP contribution in [0.2, 0.25) is 0 Å². The second-order valence-corrected chi connectivity index (χ2v) is 5.41. The largest absolute Gasteiger partial charge is 0.508 e. The van der Waals surface area contributed by atoms with E-state index in [4.69, 9.17) is 4.74 Å². The topological polar surface area (TPSA) is 29.5 Å². The average molecular weight is 206 g/mol. The molecule has 0 bridgehead atoms. The van der Waals surface area contributed by atoms with E-state index in [1.54, 1.807) is 6.07 Å². The lowest BCUT2D eigenvalue weighted by Gasteiger charge is -2.41. The van der Waals surface area contributed by atoms with E-state index in [-0.39, 0.29) is 11.0 Å². The van der Waals surface area contributed by atoms with Gasteiger partial charge in [0, 0.05) is 5.41 Å². The molecular weight excluding hydrogens is 188 g/mol. The minimum Gasteiger partial charge on any atom is -0.508 e. The van der Waals surface area contributed by atoms with Gasteiger partial charge in [0.2, 0.25) is 0 Å². The van der Waals surface area contributed by atoms with Crippen molar-refractivity contribution in [1.29, 1.82) is 0 Å². The highest BCUT2D eigenvalue weighted by Crippen LogP contribution is 2.42. The number of benzene rings is 1. The van der Waals surface area contributed by atoms with Crippen LogP contribution < -0.4 is 0 Å². The van der Waals surface area contributed by atoms with Gasteiger partial charge in [-0.2, -0.15) is 0 Å². The molecule has 0 fully saturated rings. The molecule has 82 valence electrons. The number of fused-ring (bicyclic) bond motifs is 1. The monoisotopic (exact) mass is 206 g/mol. The number of phenols is 1. The third-order valence-electron chi connectivity index (χ3n) is 3.17. The van der Waals surface area contributed by atoms with Crippen molar-refractivity contribution in [1.82, 2.24) is 0 Å². The fourth-order valence-corrected chi connectivity index (χ4v) is 2.13. The fraction of sp³-hybridized carbons (Fsp3) is 0.538. The molecule has 1 heterocycles. The van der Waals surface area contributed by atoms with Crippen LogP contribution in [0, 0.1) is 0 Å². The summed E-state index contributed by atoms with van der Waals surface area (Å²) in [6, 6.07) is 5.55. The summed E-state index contributed by atoms with van der Waals surface area (Å²) in [7, 11) is 0. The summed E-state index contributed by atoms with van der Waals surface area (Å²) in [4.78, 5) is 0. The molecule has 0 unspecified atom stereocenters. The van der Waals surface area contributed by atoms with Crippen LogP contribution in [0.3, 0.4) is 0 Å². The van der Waals surface area contributed by atoms with Crippen molar-refractivity contribution in [3.63, 3.8) is 0 Å². The van der Waals surface area contributed by atoms with E-state index in [1.165, 1.54) is 11.1 Å². The van der Waals surface area contributed by atoms with Gasteiger partial charge in [-0.3, -0.25) is 0 Å². The lowest BCUT2D eigenvalue weighted by atomic mass is 9.75. The van der Waals surface area contributed by atoms with E-state index < -0.39 is 0 Å². The van der Waals surface area contributed by atoms with Gasteiger partial charge in [0.15, 0.2) is 0 Å². The predicted molar refractivity (Wildman–Crippen MR) is 60.1 cm³/mol. The molecule has 0 spiro atoms. The summed E-state index contributed by atoms with van der Waals surface area (Å²) in [6.07, 6.45) is 0. The Morgan fingerprint density at radius 3 is 2.47 bits per heavy atom. The zero-order valence-corrected chi connectivity index (χ0v) is 9.79. The van der Waals surface area contributed by atoms with E-state index in [9.17, 15) is 5.11 Å². The molecule has 1 aliphatic heterocycles. The molecule has 1 N–H and O–H groups in total. The summed E-state index contributed by atoms with van der Waals surface area (Å²) in [5, 5.41) is 9.55. The Hall–Kier alpha value is -1.02. The predicted octanol–water partition coefficient (Wildman–Crippen LogP) is 2.94. The highest BCUT2D eigenvalue weighted by molar-refractivity contribution is 5.43. The van der Waals surface area contributed by atoms with Crippen LogP contribution in [-0.2, 0) is 15.8 Å². The molecule has 0 aromatic heterocycles. The summed E-state index contributed by atoms with van der Waals surface area (Å²) < 4.78 is 5.87. The summed E-state index contributed by atoms with van der Waals surface area (Å²) in [6.45, 7) is 9.10. The summed E-state index contributed by atoms with van der Waals surface area (Å²) in [5.41, 5.74) is 2.10. The Bertz CT molecular complexity index is 392. The lowest BCUT2D eigenvalue weighted by molar-refractivity contribution is -0.0588. The molecule has 0 saturated heterocycles. The second-order valence-electron chi connectivity index (χ2n) is 5.41. The minimum atomic E-state index is -0.251. The first-order chi connectivity index (χ1) is 6.83. The van der Waals surface area contributed by atoms with Crippen molar-refractivity contribution in [2.75, 3.05) is 6.61 Å². The molecule has 2 nitrogen and oxygen atoms in total. The van der Waals surface area contributed by atoms with Crippen molar-refractivity contribution < 1.29 is 9.84 Å². The molecule has 0 amide bonds. The maximum Gasteiger partial charge on any atom is 0.115 e. The van der Waals surface area contributed by atoms with Gasteiger partial charge in [-0.25, -0.2) is 0 Å². The zero-order valence-electron chi connectivity index (χ0n) is 9.79. The first-order valence-electron chi connectivity index (χ1n) is 5.31. The second kappa shape index (κ2) is 2.99. The minimum absolute atomic E-state index is 0.0242. The van der Waals surface area contributed by atoms with Crippen LogP contribution in [-0.4, -0.2) is 11.7 Å². The van der Waals surface area contributed by atoms with Crippen LogP contribution in [0.5, 0.6) is 5.75 Å². The van der Waals surface area contributed by atoms with Crippen molar-refractivity contribution >= 4 is 0 Å². The smallest absolute Gasteiger partial charge is 0.115 e. The lowest BCUT2D eigenvalue weighted by Crippen LogP contribution is -2.39. The van der Waals surface area contributed by atoms with Crippen molar-refractivity contribution in [2.24, 2.45) is 0 Å². The first kappa shape index (κ1) is 10.5. The van der Waals surface area contributed by atoms with Crippen LogP contribution in [0.15, 0.2) is 18.2 Å². The summed E-state index contributed by atoms with van der Waals surface area (Å²) in [5.74, 6) is 0.333. The summed E-state index contributed by atoms with van der Waals surface area (Å²) >= 11 is 0. The Kier molecular flexibility index (Phi) is 2.09. The molecule has 0 saturated carbocycles.